The average molecular weight is 276 g/mol. The Hall–Kier alpha value is -2.01. The van der Waals surface area contributed by atoms with E-state index in [1.807, 2.05) is 18.2 Å². The Morgan fingerprint density at radius 1 is 1.30 bits per heavy atom. The minimum Gasteiger partial charge on any atom is -0.497 e. The Morgan fingerprint density at radius 2 is 2.20 bits per heavy atom. The van der Waals surface area contributed by atoms with Gasteiger partial charge in [0.05, 0.1) is 13.3 Å². The highest BCUT2D eigenvalue weighted by Gasteiger charge is 2.07. The van der Waals surface area contributed by atoms with E-state index in [2.05, 4.69) is 17.4 Å². The summed E-state index contributed by atoms with van der Waals surface area (Å²) in [6.07, 6.45) is 2.70. The SMILES string of the molecule is CCCNCc1cc(OC)ccc1OCc1ccno1. The third-order valence-electron chi connectivity index (χ3n) is 2.87. The van der Waals surface area contributed by atoms with Crippen LogP contribution in [0.5, 0.6) is 11.5 Å². The lowest BCUT2D eigenvalue weighted by Gasteiger charge is -2.12. The highest BCUT2D eigenvalue weighted by molar-refractivity contribution is 5.40. The van der Waals surface area contributed by atoms with Crippen LogP contribution in [-0.2, 0) is 13.2 Å². The van der Waals surface area contributed by atoms with Gasteiger partial charge in [0.25, 0.3) is 0 Å². The molecule has 0 atom stereocenters. The minimum absolute atomic E-state index is 0.368. The Bertz CT molecular complexity index is 512. The largest absolute Gasteiger partial charge is 0.497 e. The fourth-order valence-electron chi connectivity index (χ4n) is 1.83. The third-order valence-corrected chi connectivity index (χ3v) is 2.87. The summed E-state index contributed by atoms with van der Waals surface area (Å²) in [4.78, 5) is 0. The van der Waals surface area contributed by atoms with Gasteiger partial charge in [-0.05, 0) is 31.2 Å². The van der Waals surface area contributed by atoms with Crippen LogP contribution >= 0.6 is 0 Å². The molecular formula is C15H20N2O3. The highest BCUT2D eigenvalue weighted by Crippen LogP contribution is 2.25. The molecule has 1 N–H and O–H groups in total. The van der Waals surface area contributed by atoms with Gasteiger partial charge in [0.1, 0.15) is 18.1 Å². The first-order chi connectivity index (χ1) is 9.83. The maximum Gasteiger partial charge on any atom is 0.174 e. The number of aromatic nitrogens is 1. The van der Waals surface area contributed by atoms with Gasteiger partial charge in [-0.3, -0.25) is 0 Å². The summed E-state index contributed by atoms with van der Waals surface area (Å²) >= 11 is 0. The fourth-order valence-corrected chi connectivity index (χ4v) is 1.83. The predicted octanol–water partition coefficient (Wildman–Crippen LogP) is 2.76. The molecule has 1 aromatic heterocycles. The van der Waals surface area contributed by atoms with Crippen LogP contribution < -0.4 is 14.8 Å². The molecule has 20 heavy (non-hydrogen) atoms. The van der Waals surface area contributed by atoms with E-state index in [1.54, 1.807) is 19.4 Å². The first kappa shape index (κ1) is 14.4. The zero-order chi connectivity index (χ0) is 14.2. The van der Waals surface area contributed by atoms with Crippen LogP contribution in [0.25, 0.3) is 0 Å². The summed E-state index contributed by atoms with van der Waals surface area (Å²) in [6.45, 7) is 4.22. The summed E-state index contributed by atoms with van der Waals surface area (Å²) in [5.74, 6) is 2.35. The molecule has 0 saturated heterocycles. The molecule has 0 amide bonds. The molecule has 108 valence electrons. The quantitative estimate of drug-likeness (QED) is 0.751. The number of benzene rings is 1. The molecule has 5 heteroatoms. The maximum absolute atomic E-state index is 5.78. The van der Waals surface area contributed by atoms with Crippen molar-refractivity contribution in [1.82, 2.24) is 10.5 Å². The summed E-state index contributed by atoms with van der Waals surface area (Å²) in [6, 6.07) is 7.58. The number of rotatable bonds is 8. The number of hydrogen-bond donors (Lipinski definition) is 1. The van der Waals surface area contributed by atoms with Gasteiger partial charge in [0, 0.05) is 18.2 Å². The monoisotopic (exact) mass is 276 g/mol. The van der Waals surface area contributed by atoms with Gasteiger partial charge in [-0.15, -0.1) is 0 Å². The summed E-state index contributed by atoms with van der Waals surface area (Å²) < 4.78 is 16.1. The molecule has 0 aliphatic carbocycles. The van der Waals surface area contributed by atoms with Crippen LogP contribution in [0.1, 0.15) is 24.7 Å². The lowest BCUT2D eigenvalue weighted by molar-refractivity contribution is 0.246. The molecule has 0 radical (unpaired) electrons. The number of hydrogen-bond acceptors (Lipinski definition) is 5. The van der Waals surface area contributed by atoms with Crippen LogP contribution in [-0.4, -0.2) is 18.8 Å². The van der Waals surface area contributed by atoms with Crippen molar-refractivity contribution in [2.45, 2.75) is 26.5 Å². The Morgan fingerprint density at radius 3 is 2.90 bits per heavy atom. The Labute approximate surface area is 118 Å². The van der Waals surface area contributed by atoms with Gasteiger partial charge in [-0.2, -0.15) is 0 Å². The predicted molar refractivity (Wildman–Crippen MR) is 75.8 cm³/mol. The van der Waals surface area contributed by atoms with Crippen molar-refractivity contribution in [3.8, 4) is 11.5 Å². The molecule has 0 fully saturated rings. The van der Waals surface area contributed by atoms with E-state index in [-0.39, 0.29) is 0 Å². The number of methoxy groups -OCH3 is 1. The van der Waals surface area contributed by atoms with E-state index >= 15 is 0 Å². The lowest BCUT2D eigenvalue weighted by atomic mass is 10.2. The van der Waals surface area contributed by atoms with Crippen molar-refractivity contribution in [1.29, 1.82) is 0 Å². The number of nitrogens with one attached hydrogen (secondary N) is 1. The van der Waals surface area contributed by atoms with Gasteiger partial charge in [0.2, 0.25) is 0 Å². The summed E-state index contributed by atoms with van der Waals surface area (Å²) in [7, 11) is 1.66. The zero-order valence-corrected chi connectivity index (χ0v) is 11.9. The van der Waals surface area contributed by atoms with E-state index in [9.17, 15) is 0 Å². The average Bonchev–Trinajstić information content (AvgIpc) is 2.99. The van der Waals surface area contributed by atoms with Gasteiger partial charge in [0.15, 0.2) is 5.76 Å². The van der Waals surface area contributed by atoms with Crippen LogP contribution in [0.3, 0.4) is 0 Å². The molecule has 5 nitrogen and oxygen atoms in total. The van der Waals surface area contributed by atoms with Crippen LogP contribution in [0, 0.1) is 0 Å². The number of ether oxygens (including phenoxy) is 2. The molecule has 1 aromatic carbocycles. The molecule has 2 rings (SSSR count). The van der Waals surface area contributed by atoms with Crippen molar-refractivity contribution < 1.29 is 14.0 Å². The van der Waals surface area contributed by atoms with Crippen molar-refractivity contribution in [2.24, 2.45) is 0 Å². The second kappa shape index (κ2) is 7.55. The molecule has 0 saturated carbocycles. The van der Waals surface area contributed by atoms with Gasteiger partial charge >= 0.3 is 0 Å². The summed E-state index contributed by atoms with van der Waals surface area (Å²) in [5, 5.41) is 7.02. The molecule has 0 bridgehead atoms. The van der Waals surface area contributed by atoms with Gasteiger partial charge in [-0.25, -0.2) is 0 Å². The normalized spacial score (nSPS) is 10.5. The molecule has 0 spiro atoms. The first-order valence-corrected chi connectivity index (χ1v) is 6.73. The maximum atomic E-state index is 5.78. The standard InChI is InChI=1S/C15H20N2O3/c1-3-7-16-10-12-9-13(18-2)4-5-15(12)19-11-14-6-8-17-20-14/h4-6,8-9,16H,3,7,10-11H2,1-2H3. The smallest absolute Gasteiger partial charge is 0.174 e. The molecular weight excluding hydrogens is 256 g/mol. The molecule has 1 heterocycles. The fraction of sp³-hybridized carbons (Fsp3) is 0.400. The molecule has 2 aromatic rings. The number of nitrogens with zero attached hydrogens (tertiary/aromatic N) is 1. The summed E-state index contributed by atoms with van der Waals surface area (Å²) in [5.41, 5.74) is 1.07. The highest BCUT2D eigenvalue weighted by atomic mass is 16.5. The minimum atomic E-state index is 0.368. The van der Waals surface area contributed by atoms with E-state index in [0.717, 1.165) is 36.6 Å². The molecule has 0 unspecified atom stereocenters. The van der Waals surface area contributed by atoms with E-state index < -0.39 is 0 Å². The zero-order valence-electron chi connectivity index (χ0n) is 11.9. The third kappa shape index (κ3) is 3.99. The van der Waals surface area contributed by atoms with Crippen LogP contribution in [0.2, 0.25) is 0 Å². The van der Waals surface area contributed by atoms with Crippen molar-refractivity contribution in [3.63, 3.8) is 0 Å². The molecule has 0 aliphatic heterocycles. The van der Waals surface area contributed by atoms with Gasteiger partial charge in [-0.1, -0.05) is 12.1 Å². The van der Waals surface area contributed by atoms with Gasteiger partial charge < -0.3 is 19.3 Å². The Balaban J connectivity index is 2.04. The second-order valence-corrected chi connectivity index (χ2v) is 4.42. The second-order valence-electron chi connectivity index (χ2n) is 4.42. The van der Waals surface area contributed by atoms with Crippen molar-refractivity contribution in [3.05, 3.63) is 41.8 Å². The lowest BCUT2D eigenvalue weighted by Crippen LogP contribution is -2.14. The first-order valence-electron chi connectivity index (χ1n) is 6.73. The van der Waals surface area contributed by atoms with Crippen LogP contribution in [0.4, 0.5) is 0 Å². The van der Waals surface area contributed by atoms with Crippen molar-refractivity contribution in [2.75, 3.05) is 13.7 Å². The van der Waals surface area contributed by atoms with Crippen LogP contribution in [0.15, 0.2) is 35.0 Å². The Kier molecular flexibility index (Phi) is 5.43. The van der Waals surface area contributed by atoms with E-state index in [0.29, 0.717) is 12.4 Å². The topological polar surface area (TPSA) is 56.5 Å². The van der Waals surface area contributed by atoms with Crippen molar-refractivity contribution >= 4 is 0 Å². The van der Waals surface area contributed by atoms with E-state index in [1.165, 1.54) is 0 Å². The molecule has 0 aliphatic rings. The van der Waals surface area contributed by atoms with E-state index in [4.69, 9.17) is 14.0 Å².